The molecule has 0 saturated heterocycles. The van der Waals surface area contributed by atoms with Crippen molar-refractivity contribution in [3.63, 3.8) is 0 Å². The maximum Gasteiger partial charge on any atom is 0.212 e. The van der Waals surface area contributed by atoms with E-state index in [0.29, 0.717) is 22.2 Å². The minimum atomic E-state index is -0.0592. The molecule has 1 N–H and O–H groups in total. The number of carbonyl (C=O) groups excluding carboxylic acids is 1. The summed E-state index contributed by atoms with van der Waals surface area (Å²) in [4.78, 5) is 32.5. The van der Waals surface area contributed by atoms with E-state index in [2.05, 4.69) is 89.9 Å². The first kappa shape index (κ1) is 35.8. The normalized spacial score (nSPS) is 11.4. The monoisotopic (exact) mass is 782 g/mol. The van der Waals surface area contributed by atoms with Crippen molar-refractivity contribution in [3.8, 4) is 72.9 Å². The predicted molar refractivity (Wildman–Crippen MR) is 247 cm³/mol. The van der Waals surface area contributed by atoms with Crippen molar-refractivity contribution in [3.05, 3.63) is 200 Å². The highest BCUT2D eigenvalue weighted by Gasteiger charge is 2.19. The second-order valence-electron chi connectivity index (χ2n) is 15.1. The molecule has 0 aliphatic rings. The van der Waals surface area contributed by atoms with Crippen molar-refractivity contribution in [1.29, 1.82) is 0 Å². The standard InChI is InChI=1S/C55H34N4O2/c60-33-40-29-45(34-13-5-1-6-14-34)41-25-26-42-46(35-15-7-2-8-16-35)30-49(57-53(42)52(41)56-40)38-21-23-39(24-22-38)50-31-47(36-17-9-3-10-18-36)43-27-28-44-48(37-19-11-4-12-20-37)32-51(61)59-55(44)54(43)58-50/h1-33H,(H,59,61). The molecule has 0 unspecified atom stereocenters. The van der Waals surface area contributed by atoms with Crippen molar-refractivity contribution in [2.24, 2.45) is 0 Å². The van der Waals surface area contributed by atoms with E-state index in [1.807, 2.05) is 103 Å². The van der Waals surface area contributed by atoms with Gasteiger partial charge in [-0.1, -0.05) is 170 Å². The van der Waals surface area contributed by atoms with Crippen LogP contribution in [0.3, 0.4) is 0 Å². The number of nitrogens with zero attached hydrogens (tertiary/aromatic N) is 4. The van der Waals surface area contributed by atoms with E-state index in [0.717, 1.165) is 100 Å². The molecule has 0 spiro atoms. The van der Waals surface area contributed by atoms with Crippen LogP contribution < -0.4 is 0 Å². The molecule has 7 aromatic carbocycles. The van der Waals surface area contributed by atoms with Crippen molar-refractivity contribution >= 4 is 49.9 Å². The number of aldehydes is 1. The molecule has 0 fully saturated rings. The first-order valence-corrected chi connectivity index (χ1v) is 20.1. The Labute approximate surface area is 351 Å². The Morgan fingerprint density at radius 3 is 1.03 bits per heavy atom. The number of aromatic nitrogens is 4. The molecule has 6 heteroatoms. The van der Waals surface area contributed by atoms with Crippen molar-refractivity contribution in [2.75, 3.05) is 0 Å². The van der Waals surface area contributed by atoms with E-state index in [-0.39, 0.29) is 5.88 Å². The van der Waals surface area contributed by atoms with Gasteiger partial charge >= 0.3 is 0 Å². The van der Waals surface area contributed by atoms with Gasteiger partial charge in [-0.05, 0) is 62.7 Å². The molecule has 61 heavy (non-hydrogen) atoms. The summed E-state index contributed by atoms with van der Waals surface area (Å²) in [6, 6.07) is 65.3. The third-order valence-electron chi connectivity index (χ3n) is 11.5. The second kappa shape index (κ2) is 14.8. The number of aromatic hydroxyl groups is 1. The first-order chi connectivity index (χ1) is 30.1. The SMILES string of the molecule is O=Cc1cc(-c2ccccc2)c2ccc3c(-c4ccccc4)cc(-c4ccc(-c5cc(-c6ccccc6)c6ccc7c(-c8ccccc8)cc(O)nc7c6n5)cc4)nc3c2n1. The molecule has 6 nitrogen and oxygen atoms in total. The smallest absolute Gasteiger partial charge is 0.212 e. The molecule has 0 atom stereocenters. The van der Waals surface area contributed by atoms with Crippen LogP contribution >= 0.6 is 0 Å². The summed E-state index contributed by atoms with van der Waals surface area (Å²) in [6.45, 7) is 0. The molecule has 11 rings (SSSR count). The highest BCUT2D eigenvalue weighted by molar-refractivity contribution is 6.14. The Morgan fingerprint density at radius 2 is 0.656 bits per heavy atom. The fourth-order valence-electron chi connectivity index (χ4n) is 8.55. The number of benzene rings is 7. The number of hydrogen-bond acceptors (Lipinski definition) is 6. The zero-order chi connectivity index (χ0) is 40.9. The molecule has 0 saturated carbocycles. The minimum Gasteiger partial charge on any atom is -0.493 e. The molecule has 4 heterocycles. The van der Waals surface area contributed by atoms with E-state index < -0.39 is 0 Å². The minimum absolute atomic E-state index is 0.0592. The van der Waals surface area contributed by atoms with Crippen LogP contribution in [0.5, 0.6) is 5.88 Å². The third-order valence-corrected chi connectivity index (χ3v) is 11.5. The Bertz CT molecular complexity index is 3470. The predicted octanol–water partition coefficient (Wildman–Crippen LogP) is 13.4. The van der Waals surface area contributed by atoms with Crippen molar-refractivity contribution in [2.45, 2.75) is 0 Å². The van der Waals surface area contributed by atoms with Gasteiger partial charge in [0.1, 0.15) is 11.2 Å². The first-order valence-electron chi connectivity index (χ1n) is 20.1. The van der Waals surface area contributed by atoms with Crippen LogP contribution in [-0.4, -0.2) is 31.3 Å². The van der Waals surface area contributed by atoms with Gasteiger partial charge in [0, 0.05) is 38.7 Å². The lowest BCUT2D eigenvalue weighted by Gasteiger charge is -2.15. The van der Waals surface area contributed by atoms with E-state index in [4.69, 9.17) is 15.0 Å². The molecule has 286 valence electrons. The van der Waals surface area contributed by atoms with Gasteiger partial charge < -0.3 is 5.11 Å². The maximum atomic E-state index is 12.3. The zero-order valence-electron chi connectivity index (χ0n) is 32.7. The van der Waals surface area contributed by atoms with E-state index in [1.54, 1.807) is 6.07 Å². The Morgan fingerprint density at radius 1 is 0.328 bits per heavy atom. The van der Waals surface area contributed by atoms with E-state index in [1.165, 1.54) is 0 Å². The van der Waals surface area contributed by atoms with Crippen LogP contribution in [0.4, 0.5) is 0 Å². The molecular weight excluding hydrogens is 749 g/mol. The lowest BCUT2D eigenvalue weighted by atomic mass is 9.94. The molecular formula is C55H34N4O2. The largest absolute Gasteiger partial charge is 0.493 e. The van der Waals surface area contributed by atoms with Crippen LogP contribution in [0, 0.1) is 0 Å². The summed E-state index contributed by atoms with van der Waals surface area (Å²) in [5.74, 6) is -0.0592. The fraction of sp³-hybridized carbons (Fsp3) is 0. The zero-order valence-corrected chi connectivity index (χ0v) is 32.7. The van der Waals surface area contributed by atoms with Crippen molar-refractivity contribution in [1.82, 2.24) is 19.9 Å². The molecule has 0 radical (unpaired) electrons. The summed E-state index contributed by atoms with van der Waals surface area (Å²) in [6.07, 6.45) is 0.805. The van der Waals surface area contributed by atoms with Crippen LogP contribution in [0.2, 0.25) is 0 Å². The van der Waals surface area contributed by atoms with Gasteiger partial charge in [0.15, 0.2) is 6.29 Å². The molecule has 11 aromatic rings. The van der Waals surface area contributed by atoms with Gasteiger partial charge in [-0.25, -0.2) is 19.9 Å². The number of hydrogen-bond donors (Lipinski definition) is 1. The lowest BCUT2D eigenvalue weighted by Crippen LogP contribution is -1.97. The second-order valence-corrected chi connectivity index (χ2v) is 15.1. The number of pyridine rings is 4. The number of rotatable bonds is 7. The van der Waals surface area contributed by atoms with Gasteiger partial charge in [0.05, 0.1) is 27.9 Å². The average molecular weight is 783 g/mol. The van der Waals surface area contributed by atoms with Gasteiger partial charge in [-0.15, -0.1) is 0 Å². The van der Waals surface area contributed by atoms with Gasteiger partial charge in [-0.2, -0.15) is 0 Å². The summed E-state index contributed by atoms with van der Waals surface area (Å²) in [5.41, 5.74) is 14.4. The molecule has 0 aliphatic carbocycles. The van der Waals surface area contributed by atoms with Crippen LogP contribution in [0.1, 0.15) is 10.5 Å². The maximum absolute atomic E-state index is 12.3. The summed E-state index contributed by atoms with van der Waals surface area (Å²) in [5, 5.41) is 14.7. The molecule has 0 bridgehead atoms. The quantitative estimate of drug-likeness (QED) is 0.128. The van der Waals surface area contributed by atoms with Crippen LogP contribution in [0.25, 0.3) is 111 Å². The third kappa shape index (κ3) is 6.35. The summed E-state index contributed by atoms with van der Waals surface area (Å²) < 4.78 is 0. The van der Waals surface area contributed by atoms with E-state index >= 15 is 0 Å². The lowest BCUT2D eigenvalue weighted by molar-refractivity contribution is 0.111. The molecule has 0 aliphatic heterocycles. The van der Waals surface area contributed by atoms with Crippen molar-refractivity contribution < 1.29 is 9.90 Å². The Hall–Kier alpha value is -8.35. The molecule has 4 aromatic heterocycles. The highest BCUT2D eigenvalue weighted by atomic mass is 16.3. The highest BCUT2D eigenvalue weighted by Crippen LogP contribution is 2.41. The fourth-order valence-corrected chi connectivity index (χ4v) is 8.55. The van der Waals surface area contributed by atoms with Crippen LogP contribution in [0.15, 0.2) is 194 Å². The molecule has 0 amide bonds. The van der Waals surface area contributed by atoms with E-state index in [9.17, 15) is 9.90 Å². The summed E-state index contributed by atoms with van der Waals surface area (Å²) >= 11 is 0. The number of fused-ring (bicyclic) bond motifs is 6. The topological polar surface area (TPSA) is 88.9 Å². The van der Waals surface area contributed by atoms with Gasteiger partial charge in [-0.3, -0.25) is 4.79 Å². The van der Waals surface area contributed by atoms with Gasteiger partial charge in [0.2, 0.25) is 5.88 Å². The number of carbonyl (C=O) groups is 1. The average Bonchev–Trinajstić information content (AvgIpc) is 3.33. The van der Waals surface area contributed by atoms with Crippen LogP contribution in [-0.2, 0) is 0 Å². The Balaban J connectivity index is 1.10. The Kier molecular flexibility index (Phi) is 8.68. The van der Waals surface area contributed by atoms with Gasteiger partial charge in [0.25, 0.3) is 0 Å². The summed E-state index contributed by atoms with van der Waals surface area (Å²) in [7, 11) is 0.